The van der Waals surface area contributed by atoms with E-state index in [1.807, 2.05) is 17.9 Å². The highest BCUT2D eigenvalue weighted by atomic mass is 15.2. The van der Waals surface area contributed by atoms with Crippen LogP contribution in [-0.4, -0.2) is 14.8 Å². The minimum atomic E-state index is 0.328. The Labute approximate surface area is 165 Å². The van der Waals surface area contributed by atoms with E-state index in [0.29, 0.717) is 12.1 Å². The van der Waals surface area contributed by atoms with Crippen molar-refractivity contribution in [1.82, 2.24) is 20.1 Å². The number of aromatic nitrogens is 3. The zero-order valence-electron chi connectivity index (χ0n) is 16.4. The third kappa shape index (κ3) is 3.04. The third-order valence-corrected chi connectivity index (χ3v) is 6.00. The minimum Gasteiger partial charge on any atom is -0.357 e. The molecule has 1 aliphatic carbocycles. The molecule has 5 rings (SSSR count). The second-order valence-electron chi connectivity index (χ2n) is 7.92. The molecule has 0 radical (unpaired) electrons. The minimum absolute atomic E-state index is 0.328. The molecule has 2 aromatic carbocycles. The fourth-order valence-electron chi connectivity index (χ4n) is 4.52. The van der Waals surface area contributed by atoms with Gasteiger partial charge >= 0.3 is 0 Å². The quantitative estimate of drug-likeness (QED) is 0.512. The van der Waals surface area contributed by atoms with Gasteiger partial charge in [-0.15, -0.1) is 0 Å². The van der Waals surface area contributed by atoms with Crippen molar-refractivity contribution in [1.29, 1.82) is 0 Å². The lowest BCUT2D eigenvalue weighted by Gasteiger charge is -2.27. The average molecular weight is 371 g/mol. The molecule has 2 atom stereocenters. The molecule has 4 aromatic rings. The van der Waals surface area contributed by atoms with Crippen LogP contribution in [0.3, 0.4) is 0 Å². The van der Waals surface area contributed by atoms with Crippen LogP contribution in [0.5, 0.6) is 0 Å². The lowest BCUT2D eigenvalue weighted by Crippen LogP contribution is -2.27. The SMILES string of the molecule is CC(NC1CCCc2c1[nH]c1ccc(-c3cnn(C)c3)cc21)c1ccccc1. The number of nitrogens with one attached hydrogen (secondary N) is 2. The van der Waals surface area contributed by atoms with E-state index in [1.165, 1.54) is 51.7 Å². The number of benzene rings is 2. The van der Waals surface area contributed by atoms with Crippen molar-refractivity contribution in [2.75, 3.05) is 0 Å². The van der Waals surface area contributed by atoms with Crippen LogP contribution in [0, 0.1) is 0 Å². The van der Waals surface area contributed by atoms with Gasteiger partial charge in [0, 0.05) is 47.5 Å². The molecular formula is C24H26N4. The van der Waals surface area contributed by atoms with Crippen LogP contribution in [0.2, 0.25) is 0 Å². The third-order valence-electron chi connectivity index (χ3n) is 6.00. The molecule has 0 amide bonds. The van der Waals surface area contributed by atoms with Crippen LogP contribution in [0.15, 0.2) is 60.9 Å². The highest BCUT2D eigenvalue weighted by Gasteiger charge is 2.25. The van der Waals surface area contributed by atoms with Gasteiger partial charge in [0.15, 0.2) is 0 Å². The summed E-state index contributed by atoms with van der Waals surface area (Å²) in [7, 11) is 1.96. The Kier molecular flexibility index (Phi) is 4.29. The summed E-state index contributed by atoms with van der Waals surface area (Å²) in [5.41, 5.74) is 7.82. The van der Waals surface area contributed by atoms with Gasteiger partial charge in [-0.3, -0.25) is 4.68 Å². The van der Waals surface area contributed by atoms with Crippen molar-refractivity contribution in [3.05, 3.63) is 77.7 Å². The number of aromatic amines is 1. The van der Waals surface area contributed by atoms with Crippen LogP contribution in [0.25, 0.3) is 22.0 Å². The normalized spacial score (nSPS) is 17.6. The Morgan fingerprint density at radius 2 is 2.00 bits per heavy atom. The van der Waals surface area contributed by atoms with Gasteiger partial charge in [0.2, 0.25) is 0 Å². The van der Waals surface area contributed by atoms with Crippen molar-refractivity contribution in [2.24, 2.45) is 7.05 Å². The molecule has 2 N–H and O–H groups in total. The summed E-state index contributed by atoms with van der Waals surface area (Å²) in [5.74, 6) is 0. The molecule has 2 aromatic heterocycles. The Balaban J connectivity index is 1.49. The molecule has 0 aliphatic heterocycles. The molecule has 142 valence electrons. The van der Waals surface area contributed by atoms with Crippen LogP contribution in [-0.2, 0) is 13.5 Å². The summed E-state index contributed by atoms with van der Waals surface area (Å²) >= 11 is 0. The smallest absolute Gasteiger partial charge is 0.0568 e. The Hall–Kier alpha value is -2.85. The van der Waals surface area contributed by atoms with Crippen LogP contribution >= 0.6 is 0 Å². The summed E-state index contributed by atoms with van der Waals surface area (Å²) in [6, 6.07) is 18.1. The molecule has 0 bridgehead atoms. The Bertz CT molecular complexity index is 1110. The number of hydrogen-bond acceptors (Lipinski definition) is 2. The first-order valence-corrected chi connectivity index (χ1v) is 10.1. The van der Waals surface area contributed by atoms with Gasteiger partial charge in [0.1, 0.15) is 0 Å². The van der Waals surface area contributed by atoms with E-state index in [0.717, 1.165) is 6.42 Å². The van der Waals surface area contributed by atoms with Crippen LogP contribution in [0.4, 0.5) is 0 Å². The monoisotopic (exact) mass is 370 g/mol. The number of rotatable bonds is 4. The molecule has 2 heterocycles. The van der Waals surface area contributed by atoms with E-state index in [4.69, 9.17) is 0 Å². The summed E-state index contributed by atoms with van der Waals surface area (Å²) in [4.78, 5) is 3.72. The maximum Gasteiger partial charge on any atom is 0.0568 e. The van der Waals surface area contributed by atoms with Crippen molar-refractivity contribution in [2.45, 2.75) is 38.3 Å². The zero-order chi connectivity index (χ0) is 19.1. The summed E-state index contributed by atoms with van der Waals surface area (Å²) in [5, 5.41) is 9.53. The standard InChI is InChI=1S/C24H26N4/c1-16(17-7-4-3-5-8-17)26-23-10-6-9-20-21-13-18(19-14-25-28(2)15-19)11-12-22(21)27-24(20)23/h3-5,7-8,11-16,23,26-27H,6,9-10H2,1-2H3. The van der Waals surface area contributed by atoms with Crippen LogP contribution < -0.4 is 5.32 Å². The molecule has 4 nitrogen and oxygen atoms in total. The number of fused-ring (bicyclic) bond motifs is 3. The number of hydrogen-bond donors (Lipinski definition) is 2. The lowest BCUT2D eigenvalue weighted by molar-refractivity contribution is 0.410. The Morgan fingerprint density at radius 3 is 2.79 bits per heavy atom. The second-order valence-corrected chi connectivity index (χ2v) is 7.92. The predicted octanol–water partition coefficient (Wildman–Crippen LogP) is 5.30. The molecule has 4 heteroatoms. The highest BCUT2D eigenvalue weighted by molar-refractivity contribution is 5.89. The van der Waals surface area contributed by atoms with Gasteiger partial charge in [0.25, 0.3) is 0 Å². The molecule has 0 fully saturated rings. The molecule has 0 saturated heterocycles. The van der Waals surface area contributed by atoms with Crippen molar-refractivity contribution >= 4 is 10.9 Å². The van der Waals surface area contributed by atoms with E-state index in [-0.39, 0.29) is 0 Å². The average Bonchev–Trinajstić information content (AvgIpc) is 3.32. The van der Waals surface area contributed by atoms with E-state index < -0.39 is 0 Å². The largest absolute Gasteiger partial charge is 0.357 e. The summed E-state index contributed by atoms with van der Waals surface area (Å²) < 4.78 is 1.86. The highest BCUT2D eigenvalue weighted by Crippen LogP contribution is 2.37. The van der Waals surface area contributed by atoms with Gasteiger partial charge in [-0.05, 0) is 55.0 Å². The molecule has 0 saturated carbocycles. The predicted molar refractivity (Wildman–Crippen MR) is 114 cm³/mol. The number of aryl methyl sites for hydroxylation is 2. The first kappa shape index (κ1) is 17.3. The van der Waals surface area contributed by atoms with Crippen molar-refractivity contribution in [3.8, 4) is 11.1 Å². The maximum absolute atomic E-state index is 4.32. The fraction of sp³-hybridized carbons (Fsp3) is 0.292. The molecule has 1 aliphatic rings. The zero-order valence-corrected chi connectivity index (χ0v) is 16.4. The maximum atomic E-state index is 4.32. The van der Waals surface area contributed by atoms with Crippen LogP contribution in [0.1, 0.15) is 48.7 Å². The van der Waals surface area contributed by atoms with E-state index in [1.54, 1.807) is 0 Å². The Morgan fingerprint density at radius 1 is 1.14 bits per heavy atom. The summed E-state index contributed by atoms with van der Waals surface area (Å²) in [6.07, 6.45) is 7.55. The van der Waals surface area contributed by atoms with Gasteiger partial charge in [-0.2, -0.15) is 5.10 Å². The second kappa shape index (κ2) is 6.95. The molecular weight excluding hydrogens is 344 g/mol. The van der Waals surface area contributed by atoms with E-state index >= 15 is 0 Å². The van der Waals surface area contributed by atoms with Gasteiger partial charge in [-0.1, -0.05) is 36.4 Å². The molecule has 2 unspecified atom stereocenters. The van der Waals surface area contributed by atoms with Gasteiger partial charge in [-0.25, -0.2) is 0 Å². The topological polar surface area (TPSA) is 45.6 Å². The summed E-state index contributed by atoms with van der Waals surface area (Å²) in [6.45, 7) is 2.26. The fourth-order valence-corrected chi connectivity index (χ4v) is 4.52. The van der Waals surface area contributed by atoms with Gasteiger partial charge in [0.05, 0.1) is 6.20 Å². The molecule has 0 spiro atoms. The first-order valence-electron chi connectivity index (χ1n) is 10.1. The first-order chi connectivity index (χ1) is 13.7. The van der Waals surface area contributed by atoms with Gasteiger partial charge < -0.3 is 10.3 Å². The van der Waals surface area contributed by atoms with E-state index in [9.17, 15) is 0 Å². The van der Waals surface area contributed by atoms with E-state index in [2.05, 4.69) is 77.1 Å². The lowest BCUT2D eigenvalue weighted by atomic mass is 9.90. The molecule has 28 heavy (non-hydrogen) atoms. The van der Waals surface area contributed by atoms with Crippen molar-refractivity contribution < 1.29 is 0 Å². The number of nitrogens with zero attached hydrogens (tertiary/aromatic N) is 2. The number of H-pyrrole nitrogens is 1. The van der Waals surface area contributed by atoms with Crippen molar-refractivity contribution in [3.63, 3.8) is 0 Å².